The molecular weight excluding hydrogens is 305 g/mol. The molecule has 0 saturated heterocycles. The Hall–Kier alpha value is -1.77. The SMILES string of the molecule is OP(O)C(NC(c1ccccc1)c1ccccc1)C1C=CC=C1. The van der Waals surface area contributed by atoms with Crippen LogP contribution in [-0.2, 0) is 0 Å². The van der Waals surface area contributed by atoms with Crippen molar-refractivity contribution < 1.29 is 9.79 Å². The first-order chi connectivity index (χ1) is 11.3. The Morgan fingerprint density at radius 2 is 1.26 bits per heavy atom. The van der Waals surface area contributed by atoms with Gasteiger partial charge >= 0.3 is 0 Å². The second kappa shape index (κ2) is 7.67. The van der Waals surface area contributed by atoms with Crippen molar-refractivity contribution >= 4 is 8.38 Å². The van der Waals surface area contributed by atoms with Crippen LogP contribution in [0.4, 0.5) is 0 Å². The zero-order valence-electron chi connectivity index (χ0n) is 12.7. The molecule has 2 aromatic rings. The van der Waals surface area contributed by atoms with E-state index in [9.17, 15) is 9.79 Å². The van der Waals surface area contributed by atoms with Crippen LogP contribution in [0.15, 0.2) is 85.0 Å². The Balaban J connectivity index is 1.92. The maximum absolute atomic E-state index is 9.91. The fraction of sp³-hybridized carbons (Fsp3) is 0.158. The summed E-state index contributed by atoms with van der Waals surface area (Å²) in [5.41, 5.74) is 2.21. The van der Waals surface area contributed by atoms with Crippen molar-refractivity contribution in [1.29, 1.82) is 0 Å². The van der Waals surface area contributed by atoms with Crippen LogP contribution < -0.4 is 5.32 Å². The lowest BCUT2D eigenvalue weighted by molar-refractivity contribution is 0.415. The monoisotopic (exact) mass is 325 g/mol. The van der Waals surface area contributed by atoms with Crippen LogP contribution in [0.1, 0.15) is 17.2 Å². The second-order valence-electron chi connectivity index (χ2n) is 5.53. The van der Waals surface area contributed by atoms with Gasteiger partial charge in [0.15, 0.2) is 8.38 Å². The van der Waals surface area contributed by atoms with Gasteiger partial charge in [-0.15, -0.1) is 0 Å². The summed E-state index contributed by atoms with van der Waals surface area (Å²) in [5.74, 6) is -0.420. The summed E-state index contributed by atoms with van der Waals surface area (Å²) >= 11 is 0. The van der Waals surface area contributed by atoms with Crippen molar-refractivity contribution in [3.05, 3.63) is 96.1 Å². The number of allylic oxidation sites excluding steroid dienone is 2. The van der Waals surface area contributed by atoms with Gasteiger partial charge in [-0.25, -0.2) is 0 Å². The molecule has 1 unspecified atom stereocenters. The Labute approximate surface area is 137 Å². The number of hydrogen-bond donors (Lipinski definition) is 3. The number of nitrogens with one attached hydrogen (secondary N) is 1. The minimum absolute atomic E-state index is 0.00830. The molecule has 3 nitrogen and oxygen atoms in total. The van der Waals surface area contributed by atoms with E-state index in [1.807, 2.05) is 60.7 Å². The molecule has 0 bridgehead atoms. The van der Waals surface area contributed by atoms with Gasteiger partial charge in [0, 0.05) is 5.92 Å². The molecule has 0 amide bonds. The third-order valence-corrected chi connectivity index (χ3v) is 4.99. The van der Waals surface area contributed by atoms with Crippen LogP contribution in [0.25, 0.3) is 0 Å². The summed E-state index contributed by atoms with van der Waals surface area (Å²) in [7, 11) is -2.10. The summed E-state index contributed by atoms with van der Waals surface area (Å²) in [6, 6.07) is 20.1. The highest BCUT2D eigenvalue weighted by atomic mass is 31.2. The average Bonchev–Trinajstić information content (AvgIpc) is 3.11. The molecule has 0 fully saturated rings. The van der Waals surface area contributed by atoms with E-state index in [1.54, 1.807) is 0 Å². The molecule has 1 aliphatic carbocycles. The predicted molar refractivity (Wildman–Crippen MR) is 94.8 cm³/mol. The van der Waals surface area contributed by atoms with Crippen molar-refractivity contribution in [2.24, 2.45) is 5.92 Å². The highest BCUT2D eigenvalue weighted by Crippen LogP contribution is 2.39. The van der Waals surface area contributed by atoms with Gasteiger partial charge in [0.25, 0.3) is 0 Å². The lowest BCUT2D eigenvalue weighted by Crippen LogP contribution is -2.36. The van der Waals surface area contributed by atoms with Crippen molar-refractivity contribution in [3.63, 3.8) is 0 Å². The van der Waals surface area contributed by atoms with Crippen LogP contribution in [0.3, 0.4) is 0 Å². The molecule has 4 heteroatoms. The molecule has 23 heavy (non-hydrogen) atoms. The van der Waals surface area contributed by atoms with Gasteiger partial charge in [-0.05, 0) is 11.1 Å². The first-order valence-electron chi connectivity index (χ1n) is 7.63. The van der Waals surface area contributed by atoms with Gasteiger partial charge in [0.1, 0.15) is 0 Å². The van der Waals surface area contributed by atoms with Crippen molar-refractivity contribution in [3.8, 4) is 0 Å². The van der Waals surface area contributed by atoms with E-state index in [1.165, 1.54) is 0 Å². The van der Waals surface area contributed by atoms with Gasteiger partial charge in [0.05, 0.1) is 11.8 Å². The smallest absolute Gasteiger partial charge is 0.184 e. The molecule has 0 spiro atoms. The lowest BCUT2D eigenvalue weighted by atomic mass is 9.98. The van der Waals surface area contributed by atoms with E-state index in [4.69, 9.17) is 0 Å². The van der Waals surface area contributed by atoms with Crippen molar-refractivity contribution in [2.45, 2.75) is 11.8 Å². The van der Waals surface area contributed by atoms with E-state index in [-0.39, 0.29) is 12.0 Å². The number of hydrogen-bond acceptors (Lipinski definition) is 3. The maximum Gasteiger partial charge on any atom is 0.184 e. The molecule has 0 aromatic heterocycles. The molecule has 0 radical (unpaired) electrons. The fourth-order valence-electron chi connectivity index (χ4n) is 2.84. The second-order valence-corrected chi connectivity index (χ2v) is 6.73. The Kier molecular flexibility index (Phi) is 5.37. The molecule has 3 rings (SSSR count). The molecule has 0 saturated carbocycles. The van der Waals surface area contributed by atoms with E-state index < -0.39 is 14.2 Å². The lowest BCUT2D eigenvalue weighted by Gasteiger charge is -2.29. The Morgan fingerprint density at radius 1 is 0.783 bits per heavy atom. The summed E-state index contributed by atoms with van der Waals surface area (Å²) in [6.07, 6.45) is 7.87. The summed E-state index contributed by atoms with van der Waals surface area (Å²) in [4.78, 5) is 19.8. The topological polar surface area (TPSA) is 52.5 Å². The van der Waals surface area contributed by atoms with Crippen LogP contribution in [-0.4, -0.2) is 15.6 Å². The largest absolute Gasteiger partial charge is 0.349 e. The first-order valence-corrected chi connectivity index (χ1v) is 8.95. The van der Waals surface area contributed by atoms with Gasteiger partial charge in [0.2, 0.25) is 0 Å². The Morgan fingerprint density at radius 3 is 1.70 bits per heavy atom. The van der Waals surface area contributed by atoms with E-state index >= 15 is 0 Å². The zero-order valence-corrected chi connectivity index (χ0v) is 13.6. The van der Waals surface area contributed by atoms with Gasteiger partial charge in [-0.1, -0.05) is 85.0 Å². The number of rotatable bonds is 6. The molecule has 0 heterocycles. The standard InChI is InChI=1S/C19H20NO2P/c21-23(22)19(17-13-7-8-14-17)20-18(15-9-3-1-4-10-15)16-11-5-2-6-12-16/h1-14,17-22H. The molecule has 1 atom stereocenters. The van der Waals surface area contributed by atoms with Crippen LogP contribution in [0.5, 0.6) is 0 Å². The summed E-state index contributed by atoms with van der Waals surface area (Å²) < 4.78 is 0. The van der Waals surface area contributed by atoms with Crippen LogP contribution in [0, 0.1) is 5.92 Å². The van der Waals surface area contributed by atoms with Crippen molar-refractivity contribution in [1.82, 2.24) is 5.32 Å². The third-order valence-electron chi connectivity index (χ3n) is 3.99. The predicted octanol–water partition coefficient (Wildman–Crippen LogP) is 3.73. The third kappa shape index (κ3) is 3.95. The highest BCUT2D eigenvalue weighted by molar-refractivity contribution is 7.45. The molecule has 3 N–H and O–H groups in total. The normalized spacial score (nSPS) is 15.7. The highest BCUT2D eigenvalue weighted by Gasteiger charge is 2.29. The molecule has 0 aliphatic heterocycles. The average molecular weight is 325 g/mol. The van der Waals surface area contributed by atoms with Crippen molar-refractivity contribution in [2.75, 3.05) is 0 Å². The zero-order chi connectivity index (χ0) is 16.1. The maximum atomic E-state index is 9.91. The number of benzene rings is 2. The molecule has 118 valence electrons. The minimum Gasteiger partial charge on any atom is -0.349 e. The van der Waals surface area contributed by atoms with Crippen LogP contribution in [0.2, 0.25) is 0 Å². The first kappa shape index (κ1) is 16.1. The molecular formula is C19H20NO2P. The fourth-order valence-corrected chi connectivity index (χ4v) is 3.63. The molecule has 1 aliphatic rings. The van der Waals surface area contributed by atoms with E-state index in [2.05, 4.69) is 29.6 Å². The van der Waals surface area contributed by atoms with Gasteiger partial charge in [-0.3, -0.25) is 5.32 Å². The summed E-state index contributed by atoms with van der Waals surface area (Å²) in [5, 5.41) is 3.45. The van der Waals surface area contributed by atoms with Gasteiger partial charge < -0.3 is 9.79 Å². The van der Waals surface area contributed by atoms with Gasteiger partial charge in [-0.2, -0.15) is 0 Å². The van der Waals surface area contributed by atoms with Crippen LogP contribution >= 0.6 is 8.38 Å². The summed E-state index contributed by atoms with van der Waals surface area (Å²) in [6.45, 7) is 0. The molecule has 2 aromatic carbocycles. The van der Waals surface area contributed by atoms with E-state index in [0.717, 1.165) is 11.1 Å². The minimum atomic E-state index is -2.10. The van der Waals surface area contributed by atoms with E-state index in [0.29, 0.717) is 0 Å². The Bertz CT molecular complexity index is 619. The quantitative estimate of drug-likeness (QED) is 0.709.